The number of aromatic amines is 1. The lowest BCUT2D eigenvalue weighted by atomic mass is 10.0. The molecule has 15 heteroatoms. The summed E-state index contributed by atoms with van der Waals surface area (Å²) in [6, 6.07) is 17.4. The van der Waals surface area contributed by atoms with E-state index in [1.165, 1.54) is 24.2 Å². The third-order valence-corrected chi connectivity index (χ3v) is 7.16. The fraction of sp³-hybridized carbons (Fsp3) is 0.129. The molecule has 0 aliphatic rings. The Morgan fingerprint density at radius 3 is 2.63 bits per heavy atom. The van der Waals surface area contributed by atoms with E-state index in [9.17, 15) is 14.4 Å². The summed E-state index contributed by atoms with van der Waals surface area (Å²) >= 11 is 12.7. The van der Waals surface area contributed by atoms with Crippen LogP contribution in [0.3, 0.4) is 0 Å². The van der Waals surface area contributed by atoms with Gasteiger partial charge >= 0.3 is 6.09 Å². The first-order valence-corrected chi connectivity index (χ1v) is 14.5. The van der Waals surface area contributed by atoms with Gasteiger partial charge in [-0.1, -0.05) is 47.0 Å². The molecule has 46 heavy (non-hydrogen) atoms. The van der Waals surface area contributed by atoms with Gasteiger partial charge in [-0.25, -0.2) is 9.78 Å². The lowest BCUT2D eigenvalue weighted by molar-refractivity contribution is -0.116. The average Bonchev–Trinajstić information content (AvgIpc) is 3.71. The van der Waals surface area contributed by atoms with Crippen LogP contribution in [-0.4, -0.2) is 55.2 Å². The van der Waals surface area contributed by atoms with Crippen LogP contribution in [0.5, 0.6) is 0 Å². The minimum atomic E-state index is -0.644. The molecule has 0 spiro atoms. The number of anilines is 1. The number of tetrazole rings is 1. The maximum atomic E-state index is 12.9. The number of halogens is 2. The topological polar surface area (TPSA) is 169 Å². The molecule has 2 heterocycles. The maximum Gasteiger partial charge on any atom is 0.411 e. The smallest absolute Gasteiger partial charge is 0.411 e. The predicted octanol–water partition coefficient (Wildman–Crippen LogP) is 5.11. The molecule has 2 aromatic heterocycles. The van der Waals surface area contributed by atoms with E-state index in [-0.39, 0.29) is 24.1 Å². The van der Waals surface area contributed by atoms with Crippen LogP contribution in [0.1, 0.15) is 32.9 Å². The number of imidazole rings is 1. The SMILES string of the molecule is COC(=O)Nc1ccc(-c2nc(CNC(=O)/C=C/c3cc(Cl)ccc3-n3cnnn3)[nH]c2Cl)c(CNC(=O)c2cccc(C)c2)c1. The van der Waals surface area contributed by atoms with Crippen molar-refractivity contribution in [3.8, 4) is 16.9 Å². The predicted molar refractivity (Wildman–Crippen MR) is 172 cm³/mol. The summed E-state index contributed by atoms with van der Waals surface area (Å²) in [4.78, 5) is 45.0. The van der Waals surface area contributed by atoms with Gasteiger partial charge < -0.3 is 20.4 Å². The molecule has 0 aliphatic heterocycles. The summed E-state index contributed by atoms with van der Waals surface area (Å²) in [6.07, 6.45) is 3.74. The monoisotopic (exact) mass is 659 g/mol. The van der Waals surface area contributed by atoms with Gasteiger partial charge in [0.1, 0.15) is 23.0 Å². The Labute approximate surface area is 273 Å². The lowest BCUT2D eigenvalue weighted by Crippen LogP contribution is -2.23. The van der Waals surface area contributed by atoms with Crippen LogP contribution in [0.2, 0.25) is 10.2 Å². The molecule has 5 aromatic rings. The molecule has 0 saturated carbocycles. The van der Waals surface area contributed by atoms with Gasteiger partial charge in [-0.15, -0.1) is 5.10 Å². The molecular weight excluding hydrogens is 633 g/mol. The molecule has 0 aliphatic carbocycles. The Balaban J connectivity index is 1.31. The number of H-pyrrole nitrogens is 1. The van der Waals surface area contributed by atoms with Crippen LogP contribution < -0.4 is 16.0 Å². The highest BCUT2D eigenvalue weighted by Gasteiger charge is 2.17. The van der Waals surface area contributed by atoms with Crippen molar-refractivity contribution in [2.75, 3.05) is 12.4 Å². The third kappa shape index (κ3) is 7.94. The van der Waals surface area contributed by atoms with Crippen LogP contribution in [-0.2, 0) is 22.6 Å². The Bertz CT molecular complexity index is 1920. The first kappa shape index (κ1) is 31.9. The van der Waals surface area contributed by atoms with Gasteiger partial charge in [0.15, 0.2) is 0 Å². The van der Waals surface area contributed by atoms with E-state index in [1.54, 1.807) is 60.7 Å². The number of hydrogen-bond acceptors (Lipinski definition) is 8. The van der Waals surface area contributed by atoms with Crippen molar-refractivity contribution in [2.45, 2.75) is 20.0 Å². The van der Waals surface area contributed by atoms with Gasteiger partial charge in [0.2, 0.25) is 5.91 Å². The Kier molecular flexibility index (Phi) is 10.0. The zero-order valence-electron chi connectivity index (χ0n) is 24.5. The molecule has 0 bridgehead atoms. The minimum Gasteiger partial charge on any atom is -0.453 e. The number of hydrogen-bond donors (Lipinski definition) is 4. The lowest BCUT2D eigenvalue weighted by Gasteiger charge is -2.13. The second-order valence-electron chi connectivity index (χ2n) is 9.90. The number of methoxy groups -OCH3 is 1. The van der Waals surface area contributed by atoms with Crippen molar-refractivity contribution in [1.29, 1.82) is 0 Å². The first-order chi connectivity index (χ1) is 22.2. The van der Waals surface area contributed by atoms with E-state index in [0.717, 1.165) is 5.56 Å². The molecule has 4 N–H and O–H groups in total. The second-order valence-corrected chi connectivity index (χ2v) is 10.7. The van der Waals surface area contributed by atoms with Crippen molar-refractivity contribution >= 4 is 52.9 Å². The van der Waals surface area contributed by atoms with Crippen molar-refractivity contribution in [3.63, 3.8) is 0 Å². The number of aromatic nitrogens is 6. The van der Waals surface area contributed by atoms with Crippen LogP contribution in [0.15, 0.2) is 73.1 Å². The van der Waals surface area contributed by atoms with E-state index in [1.807, 2.05) is 13.0 Å². The summed E-state index contributed by atoms with van der Waals surface area (Å²) in [5.74, 6) is -0.270. The number of nitrogens with one attached hydrogen (secondary N) is 4. The molecule has 3 aromatic carbocycles. The maximum absolute atomic E-state index is 12.9. The normalized spacial score (nSPS) is 11.0. The summed E-state index contributed by atoms with van der Waals surface area (Å²) < 4.78 is 6.16. The molecule has 234 valence electrons. The fourth-order valence-corrected chi connectivity index (χ4v) is 4.91. The zero-order chi connectivity index (χ0) is 32.6. The van der Waals surface area contributed by atoms with Gasteiger partial charge in [0.25, 0.3) is 5.91 Å². The number of nitrogens with zero attached hydrogens (tertiary/aromatic N) is 5. The molecule has 0 saturated heterocycles. The minimum absolute atomic E-state index is 0.0414. The number of benzene rings is 3. The largest absolute Gasteiger partial charge is 0.453 e. The standard InChI is InChI=1S/C31H27Cl2N9O4/c1-18-4-3-5-20(12-18)30(44)35-15-21-14-23(37-31(45)46-2)8-9-24(21)28-29(33)39-26(38-28)16-34-27(43)11-6-19-13-22(32)7-10-25(19)42-17-36-40-41-42/h3-14,17H,15-16H2,1-2H3,(H,34,43)(H,35,44)(H,37,45)(H,38,39)/b11-6+. The molecule has 0 atom stereocenters. The molecule has 5 rings (SSSR count). The van der Waals surface area contributed by atoms with Crippen molar-refractivity contribution in [1.82, 2.24) is 40.8 Å². The van der Waals surface area contributed by atoms with Crippen molar-refractivity contribution in [3.05, 3.63) is 111 Å². The van der Waals surface area contributed by atoms with E-state index >= 15 is 0 Å². The Morgan fingerprint density at radius 2 is 1.87 bits per heavy atom. The van der Waals surface area contributed by atoms with Gasteiger partial charge in [0, 0.05) is 40.0 Å². The van der Waals surface area contributed by atoms with Crippen LogP contribution >= 0.6 is 23.2 Å². The number of carbonyl (C=O) groups excluding carboxylic acids is 3. The molecule has 0 radical (unpaired) electrons. The third-order valence-electron chi connectivity index (χ3n) is 6.65. The number of amides is 3. The highest BCUT2D eigenvalue weighted by atomic mass is 35.5. The highest BCUT2D eigenvalue weighted by Crippen LogP contribution is 2.31. The number of rotatable bonds is 10. The number of aryl methyl sites for hydroxylation is 1. The van der Waals surface area contributed by atoms with E-state index in [2.05, 4.69) is 41.4 Å². The van der Waals surface area contributed by atoms with E-state index < -0.39 is 12.0 Å². The summed E-state index contributed by atoms with van der Waals surface area (Å²) in [5.41, 5.74) is 4.81. The van der Waals surface area contributed by atoms with Gasteiger partial charge in [-0.3, -0.25) is 14.9 Å². The molecule has 0 fully saturated rings. The average molecular weight is 661 g/mol. The van der Waals surface area contributed by atoms with Gasteiger partial charge in [-0.2, -0.15) is 4.68 Å². The quantitative estimate of drug-likeness (QED) is 0.150. The molecule has 0 unspecified atom stereocenters. The summed E-state index contributed by atoms with van der Waals surface area (Å²) in [6.45, 7) is 2.05. The fourth-order valence-electron chi connectivity index (χ4n) is 4.48. The Morgan fingerprint density at radius 1 is 1.02 bits per heavy atom. The van der Waals surface area contributed by atoms with Crippen LogP contribution in [0.25, 0.3) is 23.0 Å². The first-order valence-electron chi connectivity index (χ1n) is 13.8. The van der Waals surface area contributed by atoms with Crippen molar-refractivity contribution < 1.29 is 19.1 Å². The van der Waals surface area contributed by atoms with Crippen LogP contribution in [0.4, 0.5) is 10.5 Å². The van der Waals surface area contributed by atoms with Crippen LogP contribution in [0, 0.1) is 6.92 Å². The second kappa shape index (κ2) is 14.5. The molecule has 3 amide bonds. The highest BCUT2D eigenvalue weighted by molar-refractivity contribution is 6.32. The van der Waals surface area contributed by atoms with Crippen molar-refractivity contribution in [2.24, 2.45) is 0 Å². The van der Waals surface area contributed by atoms with Gasteiger partial charge in [0.05, 0.1) is 19.3 Å². The van der Waals surface area contributed by atoms with E-state index in [4.69, 9.17) is 27.9 Å². The number of carbonyl (C=O) groups is 3. The molecular formula is C31H27Cl2N9O4. The summed E-state index contributed by atoms with van der Waals surface area (Å²) in [5, 5.41) is 20.2. The van der Waals surface area contributed by atoms with E-state index in [0.29, 0.717) is 50.2 Å². The Hall–Kier alpha value is -5.53. The van der Waals surface area contributed by atoms with Gasteiger partial charge in [-0.05, 0) is 71.5 Å². The molecule has 13 nitrogen and oxygen atoms in total. The summed E-state index contributed by atoms with van der Waals surface area (Å²) in [7, 11) is 1.26. The number of ether oxygens (including phenoxy) is 1. The zero-order valence-corrected chi connectivity index (χ0v) is 26.1.